The average molecular weight is 231 g/mol. The second-order valence-electron chi connectivity index (χ2n) is 2.85. The number of carbonyl (C=O) groups excluding carboxylic acids is 1. The molecule has 1 N–H and O–H groups in total. The molecule has 0 saturated carbocycles. The SMILES string of the molecule is O=C1CCS(=O)c2ncc(Cl)cc2N1. The van der Waals surface area contributed by atoms with Gasteiger partial charge in [-0.25, -0.2) is 4.98 Å². The van der Waals surface area contributed by atoms with Crippen LogP contribution in [0.1, 0.15) is 6.42 Å². The number of halogens is 1. The van der Waals surface area contributed by atoms with Crippen LogP contribution in [-0.4, -0.2) is 20.9 Å². The van der Waals surface area contributed by atoms with Crippen LogP contribution in [0.15, 0.2) is 17.3 Å². The first kappa shape index (κ1) is 9.61. The zero-order chi connectivity index (χ0) is 10.1. The number of rotatable bonds is 0. The van der Waals surface area contributed by atoms with Crippen LogP contribution in [0.3, 0.4) is 0 Å². The van der Waals surface area contributed by atoms with Gasteiger partial charge >= 0.3 is 0 Å². The number of hydrogen-bond donors (Lipinski definition) is 1. The number of pyridine rings is 1. The number of nitrogens with zero attached hydrogens (tertiary/aromatic N) is 1. The summed E-state index contributed by atoms with van der Waals surface area (Å²) in [4.78, 5) is 15.1. The monoisotopic (exact) mass is 230 g/mol. The van der Waals surface area contributed by atoms with Crippen LogP contribution >= 0.6 is 11.6 Å². The van der Waals surface area contributed by atoms with Gasteiger partial charge in [0.2, 0.25) is 5.91 Å². The van der Waals surface area contributed by atoms with Gasteiger partial charge in [-0.1, -0.05) is 11.6 Å². The van der Waals surface area contributed by atoms with E-state index in [4.69, 9.17) is 11.6 Å². The summed E-state index contributed by atoms with van der Waals surface area (Å²) in [6.45, 7) is 0. The maximum Gasteiger partial charge on any atom is 0.225 e. The Bertz CT molecular complexity index is 422. The van der Waals surface area contributed by atoms with Gasteiger partial charge in [-0.05, 0) is 6.07 Å². The normalized spacial score (nSPS) is 20.9. The fourth-order valence-electron chi connectivity index (χ4n) is 1.19. The van der Waals surface area contributed by atoms with Crippen molar-refractivity contribution in [2.45, 2.75) is 11.4 Å². The Morgan fingerprint density at radius 1 is 1.57 bits per heavy atom. The van der Waals surface area contributed by atoms with Crippen LogP contribution < -0.4 is 5.32 Å². The molecular formula is C8H7ClN2O2S. The van der Waals surface area contributed by atoms with E-state index in [1.54, 1.807) is 6.07 Å². The molecular weight excluding hydrogens is 224 g/mol. The van der Waals surface area contributed by atoms with E-state index in [2.05, 4.69) is 10.3 Å². The summed E-state index contributed by atoms with van der Waals surface area (Å²) in [5, 5.41) is 3.44. The van der Waals surface area contributed by atoms with E-state index in [0.29, 0.717) is 21.5 Å². The Morgan fingerprint density at radius 2 is 2.36 bits per heavy atom. The summed E-state index contributed by atoms with van der Waals surface area (Å²) in [5.74, 6) is 0.161. The Kier molecular flexibility index (Phi) is 2.52. The molecule has 4 nitrogen and oxygen atoms in total. The number of fused-ring (bicyclic) bond motifs is 1. The molecule has 2 rings (SSSR count). The summed E-state index contributed by atoms with van der Waals surface area (Å²) in [6.07, 6.45) is 1.68. The predicted octanol–water partition coefficient (Wildman–Crippen LogP) is 1.18. The van der Waals surface area contributed by atoms with Crippen molar-refractivity contribution >= 4 is 34.0 Å². The first-order valence-electron chi connectivity index (χ1n) is 4.00. The van der Waals surface area contributed by atoms with Gasteiger partial charge in [0.25, 0.3) is 0 Å². The van der Waals surface area contributed by atoms with Gasteiger partial charge in [0.1, 0.15) is 0 Å². The molecule has 6 heteroatoms. The van der Waals surface area contributed by atoms with Crippen molar-refractivity contribution < 1.29 is 9.00 Å². The maximum atomic E-state index is 11.6. The van der Waals surface area contributed by atoms with Crippen LogP contribution in [0.4, 0.5) is 5.69 Å². The number of aromatic nitrogens is 1. The maximum absolute atomic E-state index is 11.6. The number of amides is 1. The molecule has 1 amide bonds. The lowest BCUT2D eigenvalue weighted by atomic mass is 10.4. The molecule has 1 aromatic rings. The van der Waals surface area contributed by atoms with Crippen LogP contribution in [0, 0.1) is 0 Å². The van der Waals surface area contributed by atoms with E-state index < -0.39 is 10.8 Å². The molecule has 1 atom stereocenters. The largest absolute Gasteiger partial charge is 0.324 e. The van der Waals surface area contributed by atoms with Crippen molar-refractivity contribution in [3.63, 3.8) is 0 Å². The number of carbonyl (C=O) groups is 1. The molecule has 74 valence electrons. The molecule has 0 fully saturated rings. The third kappa shape index (κ3) is 1.78. The molecule has 1 aliphatic heterocycles. The minimum Gasteiger partial charge on any atom is -0.324 e. The van der Waals surface area contributed by atoms with Gasteiger partial charge in [-0.3, -0.25) is 9.00 Å². The van der Waals surface area contributed by atoms with Gasteiger partial charge in [0.15, 0.2) is 5.03 Å². The van der Waals surface area contributed by atoms with Crippen molar-refractivity contribution in [1.29, 1.82) is 0 Å². The van der Waals surface area contributed by atoms with Crippen molar-refractivity contribution in [3.8, 4) is 0 Å². The summed E-state index contributed by atoms with van der Waals surface area (Å²) in [5.41, 5.74) is 0.457. The molecule has 1 aliphatic rings. The Morgan fingerprint density at radius 3 is 3.14 bits per heavy atom. The highest BCUT2D eigenvalue weighted by Gasteiger charge is 2.19. The fraction of sp³-hybridized carbons (Fsp3) is 0.250. The second kappa shape index (κ2) is 3.67. The van der Waals surface area contributed by atoms with Crippen molar-refractivity contribution in [2.24, 2.45) is 0 Å². The average Bonchev–Trinajstić information content (AvgIpc) is 2.26. The van der Waals surface area contributed by atoms with Gasteiger partial charge in [-0.2, -0.15) is 0 Å². The highest BCUT2D eigenvalue weighted by atomic mass is 35.5. The van der Waals surface area contributed by atoms with Crippen molar-refractivity contribution in [1.82, 2.24) is 4.98 Å². The molecule has 0 radical (unpaired) electrons. The highest BCUT2D eigenvalue weighted by molar-refractivity contribution is 7.85. The van der Waals surface area contributed by atoms with Gasteiger partial charge < -0.3 is 5.32 Å². The third-order valence-corrected chi connectivity index (χ3v) is 3.36. The first-order valence-corrected chi connectivity index (χ1v) is 5.70. The van der Waals surface area contributed by atoms with Crippen LogP contribution in [-0.2, 0) is 15.6 Å². The van der Waals surface area contributed by atoms with E-state index in [9.17, 15) is 9.00 Å². The fourth-order valence-corrected chi connectivity index (χ4v) is 2.44. The standard InChI is InChI=1S/C8H7ClN2O2S/c9-5-3-6-8(10-4-5)14(13)2-1-7(12)11-6/h3-4H,1-2H2,(H,11,12). The topological polar surface area (TPSA) is 59.1 Å². The Balaban J connectivity index is 2.52. The van der Waals surface area contributed by atoms with E-state index in [1.165, 1.54) is 6.20 Å². The molecule has 0 saturated heterocycles. The predicted molar refractivity (Wildman–Crippen MR) is 53.8 cm³/mol. The zero-order valence-corrected chi connectivity index (χ0v) is 8.69. The lowest BCUT2D eigenvalue weighted by molar-refractivity contribution is -0.115. The lowest BCUT2D eigenvalue weighted by Crippen LogP contribution is -2.10. The van der Waals surface area contributed by atoms with Gasteiger partial charge in [-0.15, -0.1) is 0 Å². The van der Waals surface area contributed by atoms with Gasteiger partial charge in [0, 0.05) is 18.4 Å². The molecule has 0 aliphatic carbocycles. The quantitative estimate of drug-likeness (QED) is 0.728. The Labute approximate surface area is 88.1 Å². The van der Waals surface area contributed by atoms with Gasteiger partial charge in [0.05, 0.1) is 21.5 Å². The molecule has 1 aromatic heterocycles. The molecule has 0 bridgehead atoms. The van der Waals surface area contributed by atoms with Crippen LogP contribution in [0.25, 0.3) is 0 Å². The van der Waals surface area contributed by atoms with E-state index in [1.807, 2.05) is 0 Å². The number of anilines is 1. The summed E-state index contributed by atoms with van der Waals surface area (Å²) in [6, 6.07) is 1.56. The minimum atomic E-state index is -1.21. The highest BCUT2D eigenvalue weighted by Crippen LogP contribution is 2.24. The van der Waals surface area contributed by atoms with Crippen LogP contribution in [0.5, 0.6) is 0 Å². The molecule has 1 unspecified atom stereocenters. The van der Waals surface area contributed by atoms with Crippen molar-refractivity contribution in [3.05, 3.63) is 17.3 Å². The van der Waals surface area contributed by atoms with E-state index in [-0.39, 0.29) is 12.3 Å². The summed E-state index contributed by atoms with van der Waals surface area (Å²) >= 11 is 5.71. The molecule has 14 heavy (non-hydrogen) atoms. The van der Waals surface area contributed by atoms with E-state index >= 15 is 0 Å². The summed E-state index contributed by atoms with van der Waals surface area (Å²) in [7, 11) is -1.21. The minimum absolute atomic E-state index is 0.152. The van der Waals surface area contributed by atoms with Crippen molar-refractivity contribution in [2.75, 3.05) is 11.1 Å². The van der Waals surface area contributed by atoms with E-state index in [0.717, 1.165) is 0 Å². The Hall–Kier alpha value is -0.940. The number of hydrogen-bond acceptors (Lipinski definition) is 3. The number of nitrogens with one attached hydrogen (secondary N) is 1. The second-order valence-corrected chi connectivity index (χ2v) is 4.78. The molecule has 2 heterocycles. The summed E-state index contributed by atoms with van der Waals surface area (Å²) < 4.78 is 11.6. The molecule has 0 aromatic carbocycles. The smallest absolute Gasteiger partial charge is 0.225 e. The molecule has 0 spiro atoms. The van der Waals surface area contributed by atoms with Crippen LogP contribution in [0.2, 0.25) is 5.02 Å². The third-order valence-electron chi connectivity index (χ3n) is 1.82. The zero-order valence-electron chi connectivity index (χ0n) is 7.12. The first-order chi connectivity index (χ1) is 6.66. The lowest BCUT2D eigenvalue weighted by Gasteiger charge is -2.04.